The van der Waals surface area contributed by atoms with E-state index in [1.807, 2.05) is 156 Å². The number of ether oxygens (including phenoxy) is 2. The number of hydrogen-bond acceptors (Lipinski definition) is 12. The molecule has 2 aliphatic rings. The molecule has 0 amide bonds. The van der Waals surface area contributed by atoms with Crippen molar-refractivity contribution >= 4 is 78.5 Å². The molecular weight excluding hydrogens is 1170 g/mol. The van der Waals surface area contributed by atoms with Crippen LogP contribution in [0, 0.1) is 25.5 Å². The zero-order valence-corrected chi connectivity index (χ0v) is 39.4. The number of nitrogens with zero attached hydrogens (tertiary/aromatic N) is 12. The molecule has 2 aliphatic heterocycles. The van der Waals surface area contributed by atoms with Crippen LogP contribution in [0.5, 0.6) is 11.8 Å². The van der Waals surface area contributed by atoms with Crippen LogP contribution in [0.2, 0.25) is 0 Å². The maximum atomic E-state index is 5.07. The monoisotopic (exact) mass is 1200 g/mol. The quantitative estimate of drug-likeness (QED) is 0.156. The van der Waals surface area contributed by atoms with Crippen molar-refractivity contribution in [3.63, 3.8) is 0 Å². The summed E-state index contributed by atoms with van der Waals surface area (Å²) in [5, 5.41) is 4.43. The molecule has 0 aliphatic carbocycles. The third-order valence-corrected chi connectivity index (χ3v) is 9.89. The first kappa shape index (κ1) is 45.2. The summed E-state index contributed by atoms with van der Waals surface area (Å²) in [5.41, 5.74) is 5.38. The van der Waals surface area contributed by atoms with Crippen molar-refractivity contribution in [2.45, 2.75) is 0 Å². The van der Waals surface area contributed by atoms with Gasteiger partial charge in [-0.3, -0.25) is 0 Å². The van der Waals surface area contributed by atoms with Gasteiger partial charge < -0.3 is 49.0 Å². The fourth-order valence-electron chi connectivity index (χ4n) is 6.98. The second-order valence-corrected chi connectivity index (χ2v) is 13.8. The zero-order valence-electron chi connectivity index (χ0n) is 34.8. The molecule has 0 radical (unpaired) electrons. The third-order valence-electron chi connectivity index (χ3n) is 9.89. The number of para-hydroxylation sites is 4. The minimum Gasteiger partial charge on any atom is -0.500 e. The summed E-state index contributed by atoms with van der Waals surface area (Å²) in [6, 6.07) is 45.7. The van der Waals surface area contributed by atoms with Crippen LogP contribution in [0.15, 0.2) is 146 Å². The number of rotatable bonds is 4. The molecule has 8 heterocycles. The Bertz CT molecular complexity index is 2890. The van der Waals surface area contributed by atoms with Gasteiger partial charge in [0.05, 0.1) is 14.2 Å². The van der Waals surface area contributed by atoms with Crippen LogP contribution < -0.4 is 39.0 Å². The van der Waals surface area contributed by atoms with Crippen LogP contribution in [0.4, 0.5) is 34.6 Å². The van der Waals surface area contributed by atoms with E-state index in [2.05, 4.69) is 64.1 Å². The van der Waals surface area contributed by atoms with E-state index in [0.29, 0.717) is 11.8 Å². The zero-order chi connectivity index (χ0) is 42.4. The van der Waals surface area contributed by atoms with Crippen LogP contribution in [-0.2, 0) is 42.1 Å². The molecule has 0 spiro atoms. The number of aromatic nitrogens is 8. The summed E-state index contributed by atoms with van der Waals surface area (Å²) in [7, 11) is 7.13. The standard InChI is InChI=1S/2C12H10N4.2C12H9N2O.2Pt/c2*1-15-9-16(10-5-3-2-4-6-10)12-11(15)13-7-8-14-12;2*1-15-11-7-6-9-8-4-2-3-5-10(8)13-12(9)14-11;;/h2*2-5,7-9H,1H3;2*2-7H,1H3;;/q2*-2;2*-1;;. The molecule has 12 rings (SSSR count). The number of methoxy groups -OCH3 is 2. The third kappa shape index (κ3) is 9.39. The molecule has 0 saturated heterocycles. The first-order chi connectivity index (χ1) is 30.5. The number of benzene rings is 4. The minimum atomic E-state index is 0. The average molecular weight is 1210 g/mol. The Morgan fingerprint density at radius 3 is 1.25 bits per heavy atom. The first-order valence-electron chi connectivity index (χ1n) is 19.5. The van der Waals surface area contributed by atoms with Gasteiger partial charge in [0.2, 0.25) is 0 Å². The van der Waals surface area contributed by atoms with Gasteiger partial charge in [0.1, 0.15) is 35.0 Å². The van der Waals surface area contributed by atoms with Gasteiger partial charge in [-0.1, -0.05) is 60.7 Å². The maximum absolute atomic E-state index is 5.07. The molecule has 16 heteroatoms. The molecule has 328 valence electrons. The first-order valence-corrected chi connectivity index (χ1v) is 19.5. The summed E-state index contributed by atoms with van der Waals surface area (Å²) in [6.45, 7) is 3.91. The van der Waals surface area contributed by atoms with Gasteiger partial charge >= 0.3 is 0 Å². The van der Waals surface area contributed by atoms with Crippen molar-refractivity contribution in [2.75, 3.05) is 47.9 Å². The number of fused-ring (bicyclic) bond motifs is 8. The normalized spacial score (nSPS) is 12.2. The Morgan fingerprint density at radius 2 is 0.859 bits per heavy atom. The van der Waals surface area contributed by atoms with Crippen LogP contribution in [0.25, 0.3) is 43.9 Å². The van der Waals surface area contributed by atoms with Crippen LogP contribution >= 0.6 is 0 Å². The molecule has 64 heavy (non-hydrogen) atoms. The van der Waals surface area contributed by atoms with E-state index in [1.54, 1.807) is 39.0 Å². The van der Waals surface area contributed by atoms with Gasteiger partial charge in [0.25, 0.3) is 0 Å². The molecule has 0 saturated carbocycles. The Labute approximate surface area is 398 Å². The molecule has 14 nitrogen and oxygen atoms in total. The van der Waals surface area contributed by atoms with Gasteiger partial charge in [0.15, 0.2) is 0 Å². The molecular formula is C48H38N12O2Pt2-6. The molecule has 0 bridgehead atoms. The van der Waals surface area contributed by atoms with E-state index < -0.39 is 0 Å². The summed E-state index contributed by atoms with van der Waals surface area (Å²) >= 11 is 0. The molecule has 0 fully saturated rings. The van der Waals surface area contributed by atoms with Crippen LogP contribution in [-0.4, -0.2) is 58.2 Å². The largest absolute Gasteiger partial charge is 0.500 e. The SMILES string of the molecule is CN1[CH-]N(c2[c-]cccc2)c2nccnc21.CN1[CH-]N(c2[c-]cccc2)c2nccnc21.COc1ccc2c(n1)[n-]c1ccccc12.COc1ccc2c(n1)[n-]c1ccccc12.[Pt].[Pt]. The van der Waals surface area contributed by atoms with E-state index in [0.717, 1.165) is 78.5 Å². The molecule has 0 unspecified atom stereocenters. The van der Waals surface area contributed by atoms with Crippen LogP contribution in [0.1, 0.15) is 0 Å². The molecule has 4 aromatic carbocycles. The van der Waals surface area contributed by atoms with Gasteiger partial charge in [-0.15, -0.1) is 24.7 Å². The van der Waals surface area contributed by atoms with Crippen molar-refractivity contribution in [3.05, 3.63) is 172 Å². The number of pyridine rings is 2. The fourth-order valence-corrected chi connectivity index (χ4v) is 6.98. The smallest absolute Gasteiger partial charge is 0.143 e. The Kier molecular flexibility index (Phi) is 14.5. The summed E-state index contributed by atoms with van der Waals surface area (Å²) in [5.74, 6) is 4.61. The van der Waals surface area contributed by atoms with Gasteiger partial charge in [-0.05, 0) is 70.1 Å². The minimum absolute atomic E-state index is 0. The maximum Gasteiger partial charge on any atom is 0.143 e. The number of hydrogen-bond donors (Lipinski definition) is 0. The van der Waals surface area contributed by atoms with Crippen molar-refractivity contribution < 1.29 is 51.6 Å². The van der Waals surface area contributed by atoms with Gasteiger partial charge in [0, 0.05) is 66.9 Å². The summed E-state index contributed by atoms with van der Waals surface area (Å²) in [4.78, 5) is 42.6. The van der Waals surface area contributed by atoms with Gasteiger partial charge in [-0.25, -0.2) is 19.9 Å². The molecule has 6 aromatic heterocycles. The fraction of sp³-hybridized carbons (Fsp3) is 0.0833. The number of anilines is 6. The van der Waals surface area contributed by atoms with Crippen molar-refractivity contribution in [3.8, 4) is 11.8 Å². The second kappa shape index (κ2) is 20.5. The topological polar surface area (TPSA) is 137 Å². The van der Waals surface area contributed by atoms with Crippen molar-refractivity contribution in [2.24, 2.45) is 0 Å². The van der Waals surface area contributed by atoms with E-state index in [4.69, 9.17) is 9.47 Å². The average Bonchev–Trinajstić information content (AvgIpc) is 4.10. The van der Waals surface area contributed by atoms with E-state index in [9.17, 15) is 0 Å². The van der Waals surface area contributed by atoms with Crippen molar-refractivity contribution in [1.29, 1.82) is 0 Å². The summed E-state index contributed by atoms with van der Waals surface area (Å²) in [6.07, 6.45) is 6.78. The van der Waals surface area contributed by atoms with E-state index in [-0.39, 0.29) is 42.1 Å². The Morgan fingerprint density at radius 1 is 0.469 bits per heavy atom. The summed E-state index contributed by atoms with van der Waals surface area (Å²) < 4.78 is 10.1. The Balaban J connectivity index is 0.000000126. The molecule has 0 N–H and O–H groups in total. The van der Waals surface area contributed by atoms with Gasteiger partial charge in [-0.2, -0.15) is 60.7 Å². The van der Waals surface area contributed by atoms with Crippen LogP contribution in [0.3, 0.4) is 0 Å². The van der Waals surface area contributed by atoms with E-state index >= 15 is 0 Å². The van der Waals surface area contributed by atoms with E-state index in [1.165, 1.54) is 0 Å². The molecule has 10 aromatic rings. The second-order valence-electron chi connectivity index (χ2n) is 13.8. The molecule has 0 atom stereocenters. The van der Waals surface area contributed by atoms with Crippen molar-refractivity contribution in [1.82, 2.24) is 39.9 Å². The predicted molar refractivity (Wildman–Crippen MR) is 243 cm³/mol. The Hall–Kier alpha value is -6.88. The predicted octanol–water partition coefficient (Wildman–Crippen LogP) is 8.67.